The molecule has 1 aromatic carbocycles. The predicted molar refractivity (Wildman–Crippen MR) is 72.1 cm³/mol. The number of halogens is 5. The van der Waals surface area contributed by atoms with Crippen LogP contribution in [0.1, 0.15) is 12.8 Å². The summed E-state index contributed by atoms with van der Waals surface area (Å²) in [5.74, 6) is -3.27. The third-order valence-electron chi connectivity index (χ3n) is 3.36. The molecule has 0 spiro atoms. The Hall–Kier alpha value is -2.39. The van der Waals surface area contributed by atoms with Crippen LogP contribution in [0, 0.1) is 11.6 Å². The molecule has 1 saturated heterocycles. The van der Waals surface area contributed by atoms with Crippen molar-refractivity contribution in [1.29, 1.82) is 0 Å². The van der Waals surface area contributed by atoms with Gasteiger partial charge in [-0.15, -0.1) is 0 Å². The van der Waals surface area contributed by atoms with Crippen molar-refractivity contribution in [3.63, 3.8) is 0 Å². The molecule has 1 aliphatic heterocycles. The summed E-state index contributed by atoms with van der Waals surface area (Å²) in [6.45, 7) is -1.74. The molecule has 0 aromatic heterocycles. The summed E-state index contributed by atoms with van der Waals surface area (Å²) in [5, 5.41) is 2.12. The molecule has 1 N–H and O–H groups in total. The first-order valence-electron chi connectivity index (χ1n) is 6.94. The average molecular weight is 352 g/mol. The number of anilines is 1. The molecule has 24 heavy (non-hydrogen) atoms. The molecule has 10 heteroatoms. The second kappa shape index (κ2) is 7.02. The summed E-state index contributed by atoms with van der Waals surface area (Å²) in [7, 11) is 0. The lowest BCUT2D eigenvalue weighted by Gasteiger charge is -2.23. The zero-order valence-electron chi connectivity index (χ0n) is 12.2. The molecular weight excluding hydrogens is 339 g/mol. The molecule has 1 heterocycles. The number of hydrogen-bond donors (Lipinski definition) is 1. The van der Waals surface area contributed by atoms with Gasteiger partial charge in [-0.3, -0.25) is 9.69 Å². The van der Waals surface area contributed by atoms with E-state index in [4.69, 9.17) is 0 Å². The fourth-order valence-corrected chi connectivity index (χ4v) is 2.30. The van der Waals surface area contributed by atoms with Gasteiger partial charge in [-0.2, -0.15) is 13.2 Å². The SMILES string of the molecule is O=C(Nc1cccc(F)c1F)C1CCCN1C(=O)OCC(F)(F)F. The van der Waals surface area contributed by atoms with E-state index >= 15 is 0 Å². The minimum Gasteiger partial charge on any atom is -0.440 e. The molecule has 1 fully saturated rings. The topological polar surface area (TPSA) is 58.6 Å². The largest absolute Gasteiger partial charge is 0.440 e. The summed E-state index contributed by atoms with van der Waals surface area (Å²) in [6, 6.07) is 2.05. The second-order valence-corrected chi connectivity index (χ2v) is 5.11. The average Bonchev–Trinajstić information content (AvgIpc) is 2.98. The van der Waals surface area contributed by atoms with E-state index in [0.717, 1.165) is 17.0 Å². The van der Waals surface area contributed by atoms with Crippen LogP contribution in [-0.2, 0) is 9.53 Å². The van der Waals surface area contributed by atoms with Crippen LogP contribution in [-0.4, -0.2) is 42.3 Å². The molecule has 0 bridgehead atoms. The van der Waals surface area contributed by atoms with Crippen LogP contribution in [0.5, 0.6) is 0 Å². The normalized spacial score (nSPS) is 17.7. The van der Waals surface area contributed by atoms with Crippen LogP contribution in [0.25, 0.3) is 0 Å². The van der Waals surface area contributed by atoms with Gasteiger partial charge in [0.1, 0.15) is 6.04 Å². The van der Waals surface area contributed by atoms with E-state index < -0.39 is 48.1 Å². The molecule has 0 radical (unpaired) electrons. The summed E-state index contributed by atoms with van der Waals surface area (Å²) >= 11 is 0. The van der Waals surface area contributed by atoms with E-state index in [0.29, 0.717) is 6.42 Å². The summed E-state index contributed by atoms with van der Waals surface area (Å²) in [4.78, 5) is 24.6. The quantitative estimate of drug-likeness (QED) is 0.851. The molecule has 1 aromatic rings. The van der Waals surface area contributed by atoms with Gasteiger partial charge in [-0.05, 0) is 25.0 Å². The zero-order valence-corrected chi connectivity index (χ0v) is 12.2. The van der Waals surface area contributed by atoms with Crippen molar-refractivity contribution in [3.05, 3.63) is 29.8 Å². The van der Waals surface area contributed by atoms with Crippen LogP contribution < -0.4 is 5.32 Å². The van der Waals surface area contributed by atoms with Crippen molar-refractivity contribution in [2.24, 2.45) is 0 Å². The minimum absolute atomic E-state index is 0.0282. The van der Waals surface area contributed by atoms with Crippen LogP contribution in [0.15, 0.2) is 18.2 Å². The van der Waals surface area contributed by atoms with E-state index in [1.165, 1.54) is 6.07 Å². The van der Waals surface area contributed by atoms with Gasteiger partial charge in [0.25, 0.3) is 0 Å². The summed E-state index contributed by atoms with van der Waals surface area (Å²) in [5.41, 5.74) is -0.421. The van der Waals surface area contributed by atoms with Crippen LogP contribution in [0.3, 0.4) is 0 Å². The van der Waals surface area contributed by atoms with Gasteiger partial charge in [0.2, 0.25) is 5.91 Å². The van der Waals surface area contributed by atoms with E-state index in [-0.39, 0.29) is 13.0 Å². The fraction of sp³-hybridized carbons (Fsp3) is 0.429. The van der Waals surface area contributed by atoms with Crippen molar-refractivity contribution in [2.45, 2.75) is 25.1 Å². The maximum atomic E-state index is 13.5. The van der Waals surface area contributed by atoms with Crippen molar-refractivity contribution in [1.82, 2.24) is 4.90 Å². The van der Waals surface area contributed by atoms with Gasteiger partial charge < -0.3 is 10.1 Å². The summed E-state index contributed by atoms with van der Waals surface area (Å²) in [6.07, 6.45) is -5.43. The molecule has 5 nitrogen and oxygen atoms in total. The van der Waals surface area contributed by atoms with Crippen LogP contribution in [0.2, 0.25) is 0 Å². The third kappa shape index (κ3) is 4.33. The maximum Gasteiger partial charge on any atom is 0.422 e. The minimum atomic E-state index is -4.68. The Morgan fingerprint density at radius 1 is 1.29 bits per heavy atom. The van der Waals surface area contributed by atoms with Crippen molar-refractivity contribution in [3.8, 4) is 0 Å². The lowest BCUT2D eigenvalue weighted by molar-refractivity contribution is -0.162. The number of ether oxygens (including phenoxy) is 1. The molecule has 1 atom stereocenters. The lowest BCUT2D eigenvalue weighted by atomic mass is 10.2. The van der Waals surface area contributed by atoms with Crippen LogP contribution >= 0.6 is 0 Å². The Morgan fingerprint density at radius 2 is 2.00 bits per heavy atom. The number of rotatable bonds is 3. The van der Waals surface area contributed by atoms with E-state index in [1.807, 2.05) is 0 Å². The first kappa shape index (κ1) is 18.0. The fourth-order valence-electron chi connectivity index (χ4n) is 2.30. The van der Waals surface area contributed by atoms with E-state index in [1.54, 1.807) is 0 Å². The maximum absolute atomic E-state index is 13.5. The first-order valence-corrected chi connectivity index (χ1v) is 6.94. The Morgan fingerprint density at radius 3 is 2.67 bits per heavy atom. The molecule has 132 valence electrons. The van der Waals surface area contributed by atoms with Gasteiger partial charge in [0.15, 0.2) is 18.2 Å². The number of nitrogens with zero attached hydrogens (tertiary/aromatic N) is 1. The molecule has 0 saturated carbocycles. The van der Waals surface area contributed by atoms with Crippen LogP contribution in [0.4, 0.5) is 32.4 Å². The number of nitrogens with one attached hydrogen (secondary N) is 1. The number of alkyl halides is 3. The van der Waals surface area contributed by atoms with Gasteiger partial charge in [-0.25, -0.2) is 13.6 Å². The Bertz CT molecular complexity index is 635. The van der Waals surface area contributed by atoms with Crippen molar-refractivity contribution < 1.29 is 36.3 Å². The Balaban J connectivity index is 2.03. The molecule has 2 rings (SSSR count). The molecule has 1 unspecified atom stereocenters. The van der Waals surface area contributed by atoms with Gasteiger partial charge in [0, 0.05) is 6.54 Å². The zero-order chi connectivity index (χ0) is 17.9. The highest BCUT2D eigenvalue weighted by molar-refractivity contribution is 5.96. The molecule has 0 aliphatic carbocycles. The number of carbonyl (C=O) groups is 2. The monoisotopic (exact) mass is 352 g/mol. The highest BCUT2D eigenvalue weighted by Crippen LogP contribution is 2.23. The smallest absolute Gasteiger partial charge is 0.422 e. The predicted octanol–water partition coefficient (Wildman–Crippen LogP) is 3.07. The van der Waals surface area contributed by atoms with Gasteiger partial charge in [-0.1, -0.05) is 6.07 Å². The first-order chi connectivity index (χ1) is 11.2. The second-order valence-electron chi connectivity index (χ2n) is 5.11. The number of carbonyl (C=O) groups excluding carboxylic acids is 2. The summed E-state index contributed by atoms with van der Waals surface area (Å²) < 4.78 is 67.0. The standard InChI is InChI=1S/C14H13F5N2O3/c15-8-3-1-4-9(11(8)16)20-12(22)10-5-2-6-21(10)13(23)24-7-14(17,18)19/h1,3-4,10H,2,5-7H2,(H,20,22). The Labute approximate surface area is 133 Å². The molecular formula is C14H13F5N2O3. The number of hydrogen-bond acceptors (Lipinski definition) is 3. The van der Waals surface area contributed by atoms with Crippen molar-refractivity contribution in [2.75, 3.05) is 18.5 Å². The highest BCUT2D eigenvalue weighted by Gasteiger charge is 2.37. The Kier molecular flexibility index (Phi) is 5.25. The third-order valence-corrected chi connectivity index (χ3v) is 3.36. The van der Waals surface area contributed by atoms with E-state index in [2.05, 4.69) is 10.1 Å². The molecule has 2 amide bonds. The lowest BCUT2D eigenvalue weighted by Crippen LogP contribution is -2.44. The highest BCUT2D eigenvalue weighted by atomic mass is 19.4. The number of benzene rings is 1. The van der Waals surface area contributed by atoms with Crippen molar-refractivity contribution >= 4 is 17.7 Å². The van der Waals surface area contributed by atoms with Gasteiger partial charge >= 0.3 is 12.3 Å². The van der Waals surface area contributed by atoms with E-state index in [9.17, 15) is 31.5 Å². The number of likely N-dealkylation sites (tertiary alicyclic amines) is 1. The number of amides is 2. The molecule has 1 aliphatic rings. The van der Waals surface area contributed by atoms with Gasteiger partial charge in [0.05, 0.1) is 5.69 Å².